The molecule has 41 heavy (non-hydrogen) atoms. The van der Waals surface area contributed by atoms with Crippen LogP contribution in [0.3, 0.4) is 0 Å². The van der Waals surface area contributed by atoms with Crippen molar-refractivity contribution in [2.75, 3.05) is 26.9 Å². The summed E-state index contributed by atoms with van der Waals surface area (Å²) in [6.07, 6.45) is 4.98. The van der Waals surface area contributed by atoms with Crippen LogP contribution in [0.4, 0.5) is 0 Å². The largest absolute Gasteiger partial charge is 0.434 e. The molecule has 3 N–H and O–H groups in total. The van der Waals surface area contributed by atoms with Gasteiger partial charge in [-0.3, -0.25) is 4.98 Å². The van der Waals surface area contributed by atoms with Gasteiger partial charge in [0.05, 0.1) is 23.7 Å². The molecular formula is C29H30N4O7S. The first-order valence-corrected chi connectivity index (χ1v) is 14.4. The van der Waals surface area contributed by atoms with E-state index >= 15 is 0 Å². The number of nitrogens with two attached hydrogens (primary N) is 1. The fourth-order valence-corrected chi connectivity index (χ4v) is 5.27. The van der Waals surface area contributed by atoms with Gasteiger partial charge in [-0.05, 0) is 35.9 Å². The number of aromatic nitrogens is 2. The highest BCUT2D eigenvalue weighted by molar-refractivity contribution is 7.89. The number of oxazole rings is 1. The fourth-order valence-electron chi connectivity index (χ4n) is 4.75. The molecule has 2 aromatic carbocycles. The number of primary sulfonamides is 1. The molecule has 1 aliphatic rings. The van der Waals surface area contributed by atoms with Gasteiger partial charge in [-0.25, -0.2) is 18.5 Å². The van der Waals surface area contributed by atoms with Gasteiger partial charge in [0.1, 0.15) is 5.69 Å². The second kappa shape index (κ2) is 12.3. The van der Waals surface area contributed by atoms with Crippen LogP contribution in [0.2, 0.25) is 0 Å². The maximum absolute atomic E-state index is 11.7. The molecule has 0 saturated carbocycles. The maximum atomic E-state index is 11.7. The molecule has 3 heterocycles. The van der Waals surface area contributed by atoms with Crippen molar-refractivity contribution in [2.24, 2.45) is 10.3 Å². The third-order valence-corrected chi connectivity index (χ3v) is 7.94. The first-order chi connectivity index (χ1) is 19.8. The van der Waals surface area contributed by atoms with E-state index in [9.17, 15) is 13.6 Å². The molecule has 11 nitrogen and oxygen atoms in total. The molecule has 0 radical (unpaired) electrons. The molecule has 0 aliphatic carbocycles. The molecule has 1 aliphatic heterocycles. The zero-order chi connectivity index (χ0) is 28.9. The van der Waals surface area contributed by atoms with Crippen molar-refractivity contribution >= 4 is 15.7 Å². The van der Waals surface area contributed by atoms with E-state index in [4.69, 9.17) is 23.8 Å². The monoisotopic (exact) mass is 578 g/mol. The van der Waals surface area contributed by atoms with E-state index in [2.05, 4.69) is 15.1 Å². The molecule has 4 aromatic rings. The van der Waals surface area contributed by atoms with Gasteiger partial charge in [0.15, 0.2) is 11.5 Å². The number of pyridine rings is 1. The van der Waals surface area contributed by atoms with E-state index < -0.39 is 15.6 Å². The SMILES string of the molecule is COC1(c2cncc(COC/C(=N/O)c3nc(-c4ccccc4)c(-c4ccc(S(N)(=O)=O)cc4)o3)c2)CCOCC1. The number of hydrogen-bond acceptors (Lipinski definition) is 10. The lowest BCUT2D eigenvalue weighted by molar-refractivity contribution is -0.0950. The van der Waals surface area contributed by atoms with Crippen molar-refractivity contribution in [3.8, 4) is 22.6 Å². The van der Waals surface area contributed by atoms with Crippen LogP contribution in [0.15, 0.2) is 87.5 Å². The van der Waals surface area contributed by atoms with Crippen molar-refractivity contribution < 1.29 is 32.3 Å². The van der Waals surface area contributed by atoms with Gasteiger partial charge in [-0.2, -0.15) is 0 Å². The topological polar surface area (TPSA) is 159 Å². The number of hydrogen-bond donors (Lipinski definition) is 2. The molecule has 1 saturated heterocycles. The van der Waals surface area contributed by atoms with Crippen LogP contribution >= 0.6 is 0 Å². The molecule has 2 aromatic heterocycles. The Morgan fingerprint density at radius 3 is 2.46 bits per heavy atom. The Bertz CT molecular complexity index is 1610. The number of methoxy groups -OCH3 is 1. The highest BCUT2D eigenvalue weighted by atomic mass is 32.2. The zero-order valence-electron chi connectivity index (χ0n) is 22.4. The first-order valence-electron chi connectivity index (χ1n) is 12.9. The van der Waals surface area contributed by atoms with Crippen molar-refractivity contribution in [3.05, 3.63) is 90.1 Å². The van der Waals surface area contributed by atoms with Gasteiger partial charge in [-0.15, -0.1) is 0 Å². The van der Waals surface area contributed by atoms with E-state index in [1.807, 2.05) is 36.4 Å². The van der Waals surface area contributed by atoms with Gasteiger partial charge in [0.2, 0.25) is 15.9 Å². The summed E-state index contributed by atoms with van der Waals surface area (Å²) in [7, 11) is -2.16. The number of benzene rings is 2. The minimum Gasteiger partial charge on any atom is -0.434 e. The molecule has 0 spiro atoms. The Kier molecular flexibility index (Phi) is 8.57. The molecule has 12 heteroatoms. The summed E-state index contributed by atoms with van der Waals surface area (Å²) in [5.41, 5.74) is 3.23. The Morgan fingerprint density at radius 2 is 1.80 bits per heavy atom. The van der Waals surface area contributed by atoms with E-state index in [-0.39, 0.29) is 29.7 Å². The molecule has 5 rings (SSSR count). The minimum atomic E-state index is -3.86. The first kappa shape index (κ1) is 28.6. The smallest absolute Gasteiger partial charge is 0.247 e. The molecule has 0 unspecified atom stereocenters. The third kappa shape index (κ3) is 6.37. The predicted octanol–water partition coefficient (Wildman–Crippen LogP) is 4.10. The van der Waals surface area contributed by atoms with E-state index in [1.54, 1.807) is 31.6 Å². The molecule has 1 fully saturated rings. The molecule has 214 valence electrons. The maximum Gasteiger partial charge on any atom is 0.247 e. The summed E-state index contributed by atoms with van der Waals surface area (Å²) in [4.78, 5) is 8.95. The summed E-state index contributed by atoms with van der Waals surface area (Å²) >= 11 is 0. The molecule has 0 bridgehead atoms. The Morgan fingerprint density at radius 1 is 1.07 bits per heavy atom. The molecule has 0 atom stereocenters. The van der Waals surface area contributed by atoms with Gasteiger partial charge in [-0.1, -0.05) is 35.5 Å². The number of rotatable bonds is 10. The summed E-state index contributed by atoms with van der Waals surface area (Å²) in [5.74, 6) is 0.427. The summed E-state index contributed by atoms with van der Waals surface area (Å²) in [6, 6.07) is 17.3. The van der Waals surface area contributed by atoms with Crippen LogP contribution in [-0.2, 0) is 36.4 Å². The normalized spacial score (nSPS) is 15.6. The summed E-state index contributed by atoms with van der Waals surface area (Å²) in [6.45, 7) is 1.33. The number of sulfonamides is 1. The third-order valence-electron chi connectivity index (χ3n) is 7.01. The molecular weight excluding hydrogens is 548 g/mol. The fraction of sp³-hybridized carbons (Fsp3) is 0.276. The standard InChI is InChI=1S/C29H30N4O7S/c1-37-29(11-13-38-14-12-29)23-15-20(16-31-17-23)18-39-19-25(33-34)28-32-26(21-5-3-2-4-6-21)27(40-28)22-7-9-24(10-8-22)41(30,35)36/h2-10,15-17,34H,11-14,18-19H2,1H3,(H2,30,35,36)/b33-25-. The van der Waals surface area contributed by atoms with E-state index in [0.717, 1.165) is 29.5 Å². The van der Waals surface area contributed by atoms with Crippen molar-refractivity contribution in [1.82, 2.24) is 9.97 Å². The lowest BCUT2D eigenvalue weighted by Gasteiger charge is -2.36. The van der Waals surface area contributed by atoms with E-state index in [1.165, 1.54) is 12.1 Å². The average molecular weight is 579 g/mol. The Hall–Kier alpha value is -3.94. The van der Waals surface area contributed by atoms with Crippen LogP contribution in [0.25, 0.3) is 22.6 Å². The summed E-state index contributed by atoms with van der Waals surface area (Å²) in [5, 5.41) is 18.4. The van der Waals surface area contributed by atoms with Gasteiger partial charge in [0.25, 0.3) is 0 Å². The lowest BCUT2D eigenvalue weighted by Crippen LogP contribution is -2.35. The predicted molar refractivity (Wildman–Crippen MR) is 150 cm³/mol. The van der Waals surface area contributed by atoms with Gasteiger partial charge < -0.3 is 23.8 Å². The highest BCUT2D eigenvalue weighted by Crippen LogP contribution is 2.36. The van der Waals surface area contributed by atoms with Gasteiger partial charge >= 0.3 is 0 Å². The van der Waals surface area contributed by atoms with Crippen molar-refractivity contribution in [2.45, 2.75) is 29.9 Å². The highest BCUT2D eigenvalue weighted by Gasteiger charge is 2.35. The van der Waals surface area contributed by atoms with Crippen LogP contribution in [0.1, 0.15) is 29.9 Å². The lowest BCUT2D eigenvalue weighted by atomic mass is 9.86. The second-order valence-corrected chi connectivity index (χ2v) is 11.1. The number of oxime groups is 1. The van der Waals surface area contributed by atoms with Crippen LogP contribution in [0.5, 0.6) is 0 Å². The quantitative estimate of drug-likeness (QED) is 0.160. The summed E-state index contributed by atoms with van der Waals surface area (Å²) < 4.78 is 46.7. The second-order valence-electron chi connectivity index (χ2n) is 9.56. The number of nitrogens with zero attached hydrogens (tertiary/aromatic N) is 3. The zero-order valence-corrected chi connectivity index (χ0v) is 23.2. The van der Waals surface area contributed by atoms with Crippen molar-refractivity contribution in [1.29, 1.82) is 0 Å². The van der Waals surface area contributed by atoms with Crippen LogP contribution < -0.4 is 5.14 Å². The number of ether oxygens (including phenoxy) is 3. The minimum absolute atomic E-state index is 0.0277. The molecule has 0 amide bonds. The average Bonchev–Trinajstić information content (AvgIpc) is 3.45. The Labute approximate surface area is 237 Å². The van der Waals surface area contributed by atoms with Gasteiger partial charge in [0, 0.05) is 62.2 Å². The van der Waals surface area contributed by atoms with Crippen LogP contribution in [-0.4, -0.2) is 56.2 Å². The van der Waals surface area contributed by atoms with Crippen LogP contribution in [0, 0.1) is 0 Å². The van der Waals surface area contributed by atoms with Crippen molar-refractivity contribution in [3.63, 3.8) is 0 Å². The van der Waals surface area contributed by atoms with E-state index in [0.29, 0.717) is 30.2 Å². The Balaban J connectivity index is 1.36.